The first kappa shape index (κ1) is 21.0. The monoisotopic (exact) mass is 415 g/mol. The molecule has 2 aromatic rings. The number of halogens is 1. The van der Waals surface area contributed by atoms with Crippen molar-refractivity contribution in [2.75, 3.05) is 19.6 Å². The van der Waals surface area contributed by atoms with Crippen LogP contribution >= 0.6 is 24.2 Å². The highest BCUT2D eigenvalue weighted by Crippen LogP contribution is 2.40. The van der Waals surface area contributed by atoms with E-state index in [0.717, 1.165) is 44.6 Å². The minimum absolute atomic E-state index is 0. The van der Waals surface area contributed by atoms with Crippen molar-refractivity contribution in [3.05, 3.63) is 71.3 Å². The Kier molecular flexibility index (Phi) is 7.22. The normalized spacial score (nSPS) is 18.6. The Morgan fingerprint density at radius 2 is 1.75 bits per heavy atom. The highest BCUT2D eigenvalue weighted by molar-refractivity contribution is 7.98. The number of fused-ring (bicyclic) bond motifs is 2. The summed E-state index contributed by atoms with van der Waals surface area (Å²) in [4.78, 5) is 14.9. The highest BCUT2D eigenvalue weighted by atomic mass is 35.5. The Morgan fingerprint density at radius 3 is 2.50 bits per heavy atom. The second kappa shape index (κ2) is 9.64. The van der Waals surface area contributed by atoms with Crippen LogP contribution in [0.2, 0.25) is 0 Å². The maximum Gasteiger partial charge on any atom is 0.306 e. The molecule has 5 heteroatoms. The van der Waals surface area contributed by atoms with Crippen molar-refractivity contribution in [1.29, 1.82) is 0 Å². The van der Waals surface area contributed by atoms with Crippen LogP contribution in [0.15, 0.2) is 59.5 Å². The first-order valence-electron chi connectivity index (χ1n) is 9.68. The van der Waals surface area contributed by atoms with E-state index in [1.54, 1.807) is 0 Å². The average molecular weight is 416 g/mol. The van der Waals surface area contributed by atoms with Gasteiger partial charge >= 0.3 is 5.97 Å². The predicted octanol–water partition coefficient (Wildman–Crippen LogP) is 5.33. The molecule has 3 nitrogen and oxygen atoms in total. The fourth-order valence-corrected chi connectivity index (χ4v) is 5.11. The molecule has 1 N–H and O–H groups in total. The standard InChI is InChI=1S/C23H25NO2S.ClH/c25-23(26)17-11-14-24(15-12-17)13-5-9-20-19-7-2-1-6-18(19)16-27-22-10-4-3-8-21(20)22;/h1-4,6-10,17H,5,11-16H2,(H,25,26);1H. The molecular weight excluding hydrogens is 390 g/mol. The Hall–Kier alpha value is -1.75. The third-order valence-corrected chi connectivity index (χ3v) is 6.72. The predicted molar refractivity (Wildman–Crippen MR) is 118 cm³/mol. The van der Waals surface area contributed by atoms with Crippen molar-refractivity contribution in [3.8, 4) is 0 Å². The lowest BCUT2D eigenvalue weighted by molar-refractivity contribution is -0.143. The molecule has 148 valence electrons. The smallest absolute Gasteiger partial charge is 0.306 e. The molecule has 0 amide bonds. The van der Waals surface area contributed by atoms with Crippen LogP contribution in [0.4, 0.5) is 0 Å². The number of carboxylic acids is 1. The van der Waals surface area contributed by atoms with E-state index in [1.165, 1.54) is 27.2 Å². The topological polar surface area (TPSA) is 40.5 Å². The summed E-state index contributed by atoms with van der Waals surface area (Å²) in [6.07, 6.45) is 4.91. The van der Waals surface area contributed by atoms with E-state index >= 15 is 0 Å². The number of benzene rings is 2. The first-order chi connectivity index (χ1) is 13.2. The van der Waals surface area contributed by atoms with Gasteiger partial charge < -0.3 is 10.0 Å². The number of likely N-dealkylation sites (tertiary alicyclic amines) is 1. The number of nitrogens with zero attached hydrogens (tertiary/aromatic N) is 1. The summed E-state index contributed by atoms with van der Waals surface area (Å²) in [6.45, 7) is 2.78. The molecule has 0 saturated carbocycles. The third-order valence-electron chi connectivity index (χ3n) is 5.60. The van der Waals surface area contributed by atoms with Gasteiger partial charge in [-0.3, -0.25) is 4.79 Å². The number of rotatable bonds is 4. The maximum absolute atomic E-state index is 11.1. The zero-order valence-corrected chi connectivity index (χ0v) is 17.5. The van der Waals surface area contributed by atoms with Crippen LogP contribution in [0.5, 0.6) is 0 Å². The molecule has 0 radical (unpaired) electrons. The summed E-state index contributed by atoms with van der Waals surface area (Å²) in [5.74, 6) is 0.214. The fraction of sp³-hybridized carbons (Fsp3) is 0.348. The number of aliphatic carboxylic acids is 1. The van der Waals surface area contributed by atoms with Gasteiger partial charge in [-0.05, 0) is 60.7 Å². The molecule has 4 rings (SSSR count). The van der Waals surface area contributed by atoms with Crippen LogP contribution in [0.1, 0.15) is 36.0 Å². The van der Waals surface area contributed by atoms with Crippen LogP contribution in [-0.2, 0) is 10.5 Å². The summed E-state index contributed by atoms with van der Waals surface area (Å²) in [6, 6.07) is 17.4. The number of hydrogen-bond acceptors (Lipinski definition) is 3. The van der Waals surface area contributed by atoms with Crippen LogP contribution < -0.4 is 0 Å². The molecule has 0 atom stereocenters. The van der Waals surface area contributed by atoms with Crippen LogP contribution in [0.25, 0.3) is 5.57 Å². The SMILES string of the molecule is Cl.O=C(O)C1CCN(CCC=C2c3ccccc3CSc3ccccc32)CC1. The Labute approximate surface area is 177 Å². The minimum Gasteiger partial charge on any atom is -0.481 e. The molecule has 28 heavy (non-hydrogen) atoms. The van der Waals surface area contributed by atoms with E-state index in [0.29, 0.717) is 0 Å². The molecule has 0 spiro atoms. The quantitative estimate of drug-likeness (QED) is 0.732. The Bertz CT molecular complexity index is 810. The molecule has 0 bridgehead atoms. The molecule has 1 fully saturated rings. The number of piperidine rings is 1. The van der Waals surface area contributed by atoms with E-state index in [1.807, 2.05) is 11.8 Å². The van der Waals surface area contributed by atoms with Crippen molar-refractivity contribution >= 4 is 35.7 Å². The number of hydrogen-bond donors (Lipinski definition) is 1. The van der Waals surface area contributed by atoms with Gasteiger partial charge in [0.05, 0.1) is 5.92 Å². The van der Waals surface area contributed by atoms with Crippen molar-refractivity contribution in [2.45, 2.75) is 29.9 Å². The molecule has 1 saturated heterocycles. The lowest BCUT2D eigenvalue weighted by Crippen LogP contribution is -2.36. The van der Waals surface area contributed by atoms with Gasteiger partial charge in [-0.15, -0.1) is 24.2 Å². The number of carbonyl (C=O) groups is 1. The lowest BCUT2D eigenvalue weighted by Gasteiger charge is -2.29. The summed E-state index contributed by atoms with van der Waals surface area (Å²) < 4.78 is 0. The van der Waals surface area contributed by atoms with Crippen molar-refractivity contribution in [1.82, 2.24) is 4.90 Å². The first-order valence-corrected chi connectivity index (χ1v) is 10.7. The van der Waals surface area contributed by atoms with Gasteiger partial charge in [-0.1, -0.05) is 48.5 Å². The summed E-state index contributed by atoms with van der Waals surface area (Å²) in [7, 11) is 0. The summed E-state index contributed by atoms with van der Waals surface area (Å²) in [5.41, 5.74) is 5.41. The molecular formula is C23H26ClNO2S. The van der Waals surface area contributed by atoms with Crippen LogP contribution in [0.3, 0.4) is 0 Å². The highest BCUT2D eigenvalue weighted by Gasteiger charge is 2.24. The van der Waals surface area contributed by atoms with Gasteiger partial charge in [-0.2, -0.15) is 0 Å². The van der Waals surface area contributed by atoms with Gasteiger partial charge in [0.25, 0.3) is 0 Å². The van der Waals surface area contributed by atoms with Gasteiger partial charge in [0.15, 0.2) is 0 Å². The van der Waals surface area contributed by atoms with Crippen LogP contribution in [0, 0.1) is 5.92 Å². The Balaban J connectivity index is 0.00000225. The van der Waals surface area contributed by atoms with Crippen molar-refractivity contribution in [3.63, 3.8) is 0 Å². The number of thioether (sulfide) groups is 1. The summed E-state index contributed by atoms with van der Waals surface area (Å²) in [5, 5.41) is 9.15. The van der Waals surface area contributed by atoms with Gasteiger partial charge in [0, 0.05) is 17.2 Å². The van der Waals surface area contributed by atoms with E-state index in [2.05, 4.69) is 59.5 Å². The molecule has 2 aliphatic rings. The molecule has 2 aromatic carbocycles. The van der Waals surface area contributed by atoms with Gasteiger partial charge in [-0.25, -0.2) is 0 Å². The number of carboxylic acid groups (broad SMARTS) is 1. The molecule has 0 aromatic heterocycles. The molecule has 2 aliphatic heterocycles. The zero-order chi connectivity index (χ0) is 18.6. The lowest BCUT2D eigenvalue weighted by atomic mass is 9.93. The minimum atomic E-state index is -0.638. The van der Waals surface area contributed by atoms with E-state index in [4.69, 9.17) is 5.11 Å². The van der Waals surface area contributed by atoms with Crippen molar-refractivity contribution < 1.29 is 9.90 Å². The molecule has 2 heterocycles. The molecule has 0 aliphatic carbocycles. The molecule has 0 unspecified atom stereocenters. The second-order valence-corrected chi connectivity index (χ2v) is 8.32. The van der Waals surface area contributed by atoms with E-state index < -0.39 is 5.97 Å². The van der Waals surface area contributed by atoms with E-state index in [-0.39, 0.29) is 18.3 Å². The Morgan fingerprint density at radius 1 is 1.07 bits per heavy atom. The zero-order valence-electron chi connectivity index (χ0n) is 15.8. The third kappa shape index (κ3) is 4.62. The largest absolute Gasteiger partial charge is 0.481 e. The van der Waals surface area contributed by atoms with Crippen molar-refractivity contribution in [2.24, 2.45) is 5.92 Å². The van der Waals surface area contributed by atoms with E-state index in [9.17, 15) is 4.79 Å². The van der Waals surface area contributed by atoms with Crippen LogP contribution in [-0.4, -0.2) is 35.6 Å². The van der Waals surface area contributed by atoms with Gasteiger partial charge in [0.1, 0.15) is 0 Å². The fourth-order valence-electron chi connectivity index (χ4n) is 4.04. The van der Waals surface area contributed by atoms with Gasteiger partial charge in [0.2, 0.25) is 0 Å². The average Bonchev–Trinajstić information content (AvgIpc) is 2.86. The maximum atomic E-state index is 11.1. The summed E-state index contributed by atoms with van der Waals surface area (Å²) >= 11 is 1.91. The second-order valence-electron chi connectivity index (χ2n) is 7.30.